The molecule has 2 aromatic rings. The maximum absolute atomic E-state index is 13.4. The van der Waals surface area contributed by atoms with Gasteiger partial charge < -0.3 is 9.47 Å². The summed E-state index contributed by atoms with van der Waals surface area (Å²) in [7, 11) is 2.98. The van der Waals surface area contributed by atoms with Crippen LogP contribution in [-0.4, -0.2) is 31.7 Å². The summed E-state index contributed by atoms with van der Waals surface area (Å²) in [6, 6.07) is 17.6. The summed E-state index contributed by atoms with van der Waals surface area (Å²) >= 11 is 0. The molecule has 0 fully saturated rings. The summed E-state index contributed by atoms with van der Waals surface area (Å²) in [5, 5.41) is 0. The van der Waals surface area contributed by atoms with Crippen LogP contribution in [0.4, 0.5) is 0 Å². The maximum Gasteiger partial charge on any atom is 0.315 e. The van der Waals surface area contributed by atoms with E-state index in [1.807, 2.05) is 49.4 Å². The van der Waals surface area contributed by atoms with Crippen molar-refractivity contribution < 1.29 is 19.1 Å². The van der Waals surface area contributed by atoms with Gasteiger partial charge in [0.05, 0.1) is 14.2 Å². The summed E-state index contributed by atoms with van der Waals surface area (Å²) in [5.41, 5.74) is 4.15. The third-order valence-electron chi connectivity index (χ3n) is 6.09. The average Bonchev–Trinajstić information content (AvgIpc) is 2.78. The minimum Gasteiger partial charge on any atom is -0.497 e. The lowest BCUT2D eigenvalue weighted by atomic mass is 9.69. The SMILES string of the molecule is COC(=O)C1C(C)=NC2=C(C(=O)C[C@H](c3ccccc3)C2)[C@H]1c1ccc(OC)cc1. The molecule has 154 valence electrons. The summed E-state index contributed by atoms with van der Waals surface area (Å²) < 4.78 is 10.4. The van der Waals surface area contributed by atoms with E-state index in [9.17, 15) is 9.59 Å². The van der Waals surface area contributed by atoms with Crippen molar-refractivity contribution in [1.29, 1.82) is 0 Å². The second-order valence-corrected chi connectivity index (χ2v) is 7.80. The van der Waals surface area contributed by atoms with Crippen molar-refractivity contribution in [3.8, 4) is 5.75 Å². The zero-order valence-electron chi connectivity index (χ0n) is 17.4. The van der Waals surface area contributed by atoms with Gasteiger partial charge in [0.2, 0.25) is 0 Å². The zero-order chi connectivity index (χ0) is 21.3. The second kappa shape index (κ2) is 8.27. The first kappa shape index (κ1) is 20.1. The van der Waals surface area contributed by atoms with Gasteiger partial charge in [-0.2, -0.15) is 0 Å². The molecule has 5 heteroatoms. The largest absolute Gasteiger partial charge is 0.497 e. The molecule has 0 N–H and O–H groups in total. The van der Waals surface area contributed by atoms with E-state index in [2.05, 4.69) is 12.1 Å². The van der Waals surface area contributed by atoms with Crippen LogP contribution in [-0.2, 0) is 14.3 Å². The number of Topliss-reactive ketones (excluding diaryl/α,β-unsaturated/α-hetero) is 1. The van der Waals surface area contributed by atoms with Gasteiger partial charge in [0.1, 0.15) is 11.7 Å². The Balaban J connectivity index is 1.80. The summed E-state index contributed by atoms with van der Waals surface area (Å²) in [4.78, 5) is 30.8. The van der Waals surface area contributed by atoms with Gasteiger partial charge in [0.15, 0.2) is 5.78 Å². The molecule has 30 heavy (non-hydrogen) atoms. The number of esters is 1. The number of aliphatic imine (C=N–C) groups is 1. The predicted molar refractivity (Wildman–Crippen MR) is 115 cm³/mol. The first-order chi connectivity index (χ1) is 14.5. The lowest BCUT2D eigenvalue weighted by Crippen LogP contribution is -2.37. The molecule has 5 nitrogen and oxygen atoms in total. The Morgan fingerprint density at radius 3 is 2.30 bits per heavy atom. The second-order valence-electron chi connectivity index (χ2n) is 7.80. The molecule has 2 aromatic carbocycles. The number of methoxy groups -OCH3 is 2. The van der Waals surface area contributed by atoms with Crippen molar-refractivity contribution >= 4 is 17.5 Å². The lowest BCUT2D eigenvalue weighted by Gasteiger charge is -2.36. The van der Waals surface area contributed by atoms with Crippen LogP contribution in [0.3, 0.4) is 0 Å². The molecule has 0 bridgehead atoms. The van der Waals surface area contributed by atoms with Crippen molar-refractivity contribution in [2.45, 2.75) is 31.6 Å². The van der Waals surface area contributed by atoms with Gasteiger partial charge in [-0.25, -0.2) is 0 Å². The number of benzene rings is 2. The number of ketones is 1. The van der Waals surface area contributed by atoms with Crippen LogP contribution in [0.25, 0.3) is 0 Å². The van der Waals surface area contributed by atoms with Crippen molar-refractivity contribution in [2.24, 2.45) is 10.9 Å². The quantitative estimate of drug-likeness (QED) is 0.708. The first-order valence-electron chi connectivity index (χ1n) is 10.1. The van der Waals surface area contributed by atoms with E-state index < -0.39 is 11.8 Å². The fraction of sp³-hybridized carbons (Fsp3) is 0.320. The number of hydrogen-bond acceptors (Lipinski definition) is 5. The van der Waals surface area contributed by atoms with Gasteiger partial charge in [-0.05, 0) is 42.5 Å². The Bertz CT molecular complexity index is 1020. The third-order valence-corrected chi connectivity index (χ3v) is 6.09. The molecular weight excluding hydrogens is 378 g/mol. The smallest absolute Gasteiger partial charge is 0.315 e. The van der Waals surface area contributed by atoms with Gasteiger partial charge in [-0.1, -0.05) is 42.5 Å². The number of ether oxygens (including phenoxy) is 2. The van der Waals surface area contributed by atoms with Crippen LogP contribution >= 0.6 is 0 Å². The normalized spacial score (nSPS) is 23.5. The van der Waals surface area contributed by atoms with E-state index in [4.69, 9.17) is 14.5 Å². The van der Waals surface area contributed by atoms with Crippen molar-refractivity contribution in [3.63, 3.8) is 0 Å². The lowest BCUT2D eigenvalue weighted by molar-refractivity contribution is -0.143. The Morgan fingerprint density at radius 2 is 1.67 bits per heavy atom. The standard InChI is InChI=1S/C25H25NO4/c1-15-22(25(28)30-3)23(17-9-11-19(29-2)12-10-17)24-20(26-15)13-18(14-21(24)27)16-7-5-4-6-8-16/h4-12,18,22-23H,13-14H2,1-3H3/t18-,22?,23+/m1/s1. The molecule has 0 aromatic heterocycles. The predicted octanol–water partition coefficient (Wildman–Crippen LogP) is 4.44. The Labute approximate surface area is 176 Å². The molecule has 3 atom stereocenters. The van der Waals surface area contributed by atoms with Gasteiger partial charge >= 0.3 is 5.97 Å². The average molecular weight is 403 g/mol. The fourth-order valence-corrected chi connectivity index (χ4v) is 4.62. The summed E-state index contributed by atoms with van der Waals surface area (Å²) in [5.74, 6) is -0.514. The molecule has 1 aliphatic heterocycles. The topological polar surface area (TPSA) is 65.0 Å². The van der Waals surface area contributed by atoms with Gasteiger partial charge in [0, 0.05) is 29.3 Å². The zero-order valence-corrected chi connectivity index (χ0v) is 17.4. The highest BCUT2D eigenvalue weighted by molar-refractivity contribution is 6.09. The molecule has 1 heterocycles. The monoisotopic (exact) mass is 403 g/mol. The Kier molecular flexibility index (Phi) is 5.53. The number of nitrogens with zero attached hydrogens (tertiary/aromatic N) is 1. The van der Waals surface area contributed by atoms with Crippen molar-refractivity contribution in [3.05, 3.63) is 77.0 Å². The van der Waals surface area contributed by atoms with Gasteiger partial charge in [-0.3, -0.25) is 14.6 Å². The molecule has 0 spiro atoms. The van der Waals surface area contributed by atoms with Crippen LogP contribution in [0.2, 0.25) is 0 Å². The number of allylic oxidation sites excluding steroid dienone is 2. The molecule has 2 aliphatic rings. The van der Waals surface area contributed by atoms with E-state index in [-0.39, 0.29) is 17.7 Å². The molecule has 0 radical (unpaired) electrons. The molecule has 0 saturated carbocycles. The number of rotatable bonds is 4. The molecule has 1 unspecified atom stereocenters. The molecular formula is C25H25NO4. The van der Waals surface area contributed by atoms with E-state index in [1.54, 1.807) is 7.11 Å². The fourth-order valence-electron chi connectivity index (χ4n) is 4.62. The Hall–Kier alpha value is -3.21. The van der Waals surface area contributed by atoms with Crippen LogP contribution in [0.15, 0.2) is 70.9 Å². The number of carbonyl (C=O) groups excluding carboxylic acids is 2. The van der Waals surface area contributed by atoms with Crippen LogP contribution < -0.4 is 4.74 Å². The van der Waals surface area contributed by atoms with E-state index in [0.29, 0.717) is 24.1 Å². The molecule has 4 rings (SSSR count). The van der Waals surface area contributed by atoms with E-state index in [1.165, 1.54) is 7.11 Å². The minimum atomic E-state index is -0.612. The highest BCUT2D eigenvalue weighted by Gasteiger charge is 2.44. The van der Waals surface area contributed by atoms with Crippen molar-refractivity contribution in [1.82, 2.24) is 0 Å². The first-order valence-corrected chi connectivity index (χ1v) is 10.1. The van der Waals surface area contributed by atoms with E-state index in [0.717, 1.165) is 22.6 Å². The number of carbonyl (C=O) groups is 2. The molecule has 0 saturated heterocycles. The maximum atomic E-state index is 13.4. The van der Waals surface area contributed by atoms with Gasteiger partial charge in [-0.15, -0.1) is 0 Å². The highest BCUT2D eigenvalue weighted by Crippen LogP contribution is 2.46. The molecule has 0 amide bonds. The van der Waals surface area contributed by atoms with Crippen LogP contribution in [0.5, 0.6) is 5.75 Å². The van der Waals surface area contributed by atoms with Gasteiger partial charge in [0.25, 0.3) is 0 Å². The third kappa shape index (κ3) is 3.56. The Morgan fingerprint density at radius 1 is 0.967 bits per heavy atom. The minimum absolute atomic E-state index is 0.0519. The van der Waals surface area contributed by atoms with Crippen molar-refractivity contribution in [2.75, 3.05) is 14.2 Å². The van der Waals surface area contributed by atoms with E-state index >= 15 is 0 Å². The number of hydrogen-bond donors (Lipinski definition) is 0. The van der Waals surface area contributed by atoms with Crippen LogP contribution in [0, 0.1) is 5.92 Å². The van der Waals surface area contributed by atoms with Crippen LogP contribution in [0.1, 0.15) is 42.7 Å². The highest BCUT2D eigenvalue weighted by atomic mass is 16.5. The molecule has 1 aliphatic carbocycles. The summed E-state index contributed by atoms with van der Waals surface area (Å²) in [6.45, 7) is 1.85. The summed E-state index contributed by atoms with van der Waals surface area (Å²) in [6.07, 6.45) is 1.10.